The third-order valence-electron chi connectivity index (χ3n) is 6.22. The number of rotatable bonds is 7. The molecule has 0 saturated carbocycles. The predicted octanol–water partition coefficient (Wildman–Crippen LogP) is 3.54. The first-order chi connectivity index (χ1) is 16.9. The second kappa shape index (κ2) is 10.9. The Morgan fingerprint density at radius 1 is 1.09 bits per heavy atom. The van der Waals surface area contributed by atoms with E-state index in [1.54, 1.807) is 32.0 Å². The van der Waals surface area contributed by atoms with Crippen LogP contribution >= 0.6 is 11.6 Å². The molecular formula is C26H29ClN4O4. The van der Waals surface area contributed by atoms with Gasteiger partial charge in [-0.1, -0.05) is 23.7 Å². The van der Waals surface area contributed by atoms with Crippen LogP contribution in [0.25, 0.3) is 0 Å². The molecule has 1 fully saturated rings. The van der Waals surface area contributed by atoms with Crippen molar-refractivity contribution in [3.05, 3.63) is 76.0 Å². The van der Waals surface area contributed by atoms with E-state index >= 15 is 0 Å². The summed E-state index contributed by atoms with van der Waals surface area (Å²) in [4.78, 5) is 41.5. The maximum atomic E-state index is 13.0. The lowest BCUT2D eigenvalue weighted by Crippen LogP contribution is -2.51. The van der Waals surface area contributed by atoms with Crippen molar-refractivity contribution in [2.45, 2.75) is 19.9 Å². The van der Waals surface area contributed by atoms with E-state index in [2.05, 4.69) is 20.4 Å². The second-order valence-electron chi connectivity index (χ2n) is 8.57. The summed E-state index contributed by atoms with van der Waals surface area (Å²) in [7, 11) is 0. The molecule has 2 amide bonds. The smallest absolute Gasteiger partial charge is 0.338 e. The third-order valence-corrected chi connectivity index (χ3v) is 6.46. The van der Waals surface area contributed by atoms with Crippen LogP contribution in [0.3, 0.4) is 0 Å². The van der Waals surface area contributed by atoms with Gasteiger partial charge in [-0.05, 0) is 55.8 Å². The standard InChI is InChI=1S/C26H29ClN4O4/c1-3-35-25(33)23-22(28-26(34)29-24(23)19-5-4-6-20(27)15-19)16-30-11-13-31(14-12-30)21-9-7-18(8-10-21)17(2)32/h4-10,15,24H,3,11-14,16H2,1-2H3,(H2,28,29,34). The minimum atomic E-state index is -0.655. The van der Waals surface area contributed by atoms with E-state index in [1.807, 2.05) is 30.3 Å². The molecule has 9 heteroatoms. The number of ether oxygens (including phenoxy) is 1. The molecule has 0 radical (unpaired) electrons. The van der Waals surface area contributed by atoms with Gasteiger partial charge in [0, 0.05) is 54.7 Å². The quantitative estimate of drug-likeness (QED) is 0.450. The number of Topliss-reactive ketones (excluding diaryl/α,β-unsaturated/α-hetero) is 1. The van der Waals surface area contributed by atoms with Crippen molar-refractivity contribution in [2.24, 2.45) is 0 Å². The number of amides is 2. The van der Waals surface area contributed by atoms with Crippen LogP contribution in [0.15, 0.2) is 59.8 Å². The molecule has 184 valence electrons. The number of nitrogens with one attached hydrogen (secondary N) is 2. The van der Waals surface area contributed by atoms with E-state index in [-0.39, 0.29) is 18.4 Å². The first kappa shape index (κ1) is 24.8. The van der Waals surface area contributed by atoms with Crippen molar-refractivity contribution in [1.82, 2.24) is 15.5 Å². The SMILES string of the molecule is CCOC(=O)C1=C(CN2CCN(c3ccc(C(C)=O)cc3)CC2)NC(=O)NC1c1cccc(Cl)c1. The Morgan fingerprint density at radius 3 is 2.43 bits per heavy atom. The number of carbonyl (C=O) groups excluding carboxylic acids is 3. The summed E-state index contributed by atoms with van der Waals surface area (Å²) in [5.74, 6) is -0.420. The molecule has 1 saturated heterocycles. The van der Waals surface area contributed by atoms with Crippen molar-refractivity contribution in [3.63, 3.8) is 0 Å². The fraction of sp³-hybridized carbons (Fsp3) is 0.346. The van der Waals surface area contributed by atoms with E-state index < -0.39 is 12.0 Å². The van der Waals surface area contributed by atoms with Crippen LogP contribution in [0.5, 0.6) is 0 Å². The Bertz CT molecular complexity index is 1140. The highest BCUT2D eigenvalue weighted by atomic mass is 35.5. The number of ketones is 1. The summed E-state index contributed by atoms with van der Waals surface area (Å²) < 4.78 is 5.35. The molecule has 1 unspecified atom stereocenters. The molecule has 2 heterocycles. The van der Waals surface area contributed by atoms with Gasteiger partial charge in [-0.2, -0.15) is 0 Å². The molecule has 2 aliphatic heterocycles. The van der Waals surface area contributed by atoms with Gasteiger partial charge in [-0.25, -0.2) is 9.59 Å². The number of carbonyl (C=O) groups is 3. The topological polar surface area (TPSA) is 91.0 Å². The zero-order chi connectivity index (χ0) is 24.9. The van der Waals surface area contributed by atoms with Crippen LogP contribution in [0, 0.1) is 0 Å². The summed E-state index contributed by atoms with van der Waals surface area (Å²) in [6.45, 7) is 7.02. The van der Waals surface area contributed by atoms with Crippen molar-refractivity contribution >= 4 is 35.1 Å². The van der Waals surface area contributed by atoms with Gasteiger partial charge in [0.25, 0.3) is 0 Å². The number of urea groups is 1. The van der Waals surface area contributed by atoms with E-state index in [0.717, 1.165) is 31.9 Å². The predicted molar refractivity (Wildman–Crippen MR) is 135 cm³/mol. The molecular weight excluding hydrogens is 468 g/mol. The van der Waals surface area contributed by atoms with Crippen LogP contribution in [0.2, 0.25) is 5.02 Å². The Morgan fingerprint density at radius 2 is 1.80 bits per heavy atom. The molecule has 4 rings (SSSR count). The van der Waals surface area contributed by atoms with E-state index in [1.165, 1.54) is 0 Å². The summed E-state index contributed by atoms with van der Waals surface area (Å²) in [6, 6.07) is 13.7. The van der Waals surface area contributed by atoms with Gasteiger partial charge < -0.3 is 20.3 Å². The molecule has 2 aromatic carbocycles. The lowest BCUT2D eigenvalue weighted by Gasteiger charge is -2.38. The fourth-order valence-corrected chi connectivity index (χ4v) is 4.62. The minimum absolute atomic E-state index is 0.0483. The van der Waals surface area contributed by atoms with Crippen LogP contribution in [-0.4, -0.2) is 62.0 Å². The number of hydrogen-bond acceptors (Lipinski definition) is 6. The number of nitrogens with zero attached hydrogens (tertiary/aromatic N) is 2. The lowest BCUT2D eigenvalue weighted by atomic mass is 9.95. The molecule has 0 aliphatic carbocycles. The minimum Gasteiger partial charge on any atom is -0.463 e. The van der Waals surface area contributed by atoms with E-state index in [0.29, 0.717) is 34.0 Å². The average molecular weight is 497 g/mol. The summed E-state index contributed by atoms with van der Waals surface area (Å²) in [6.07, 6.45) is 0. The molecule has 0 bridgehead atoms. The zero-order valence-corrected chi connectivity index (χ0v) is 20.6. The lowest BCUT2D eigenvalue weighted by molar-refractivity contribution is -0.139. The van der Waals surface area contributed by atoms with Gasteiger partial charge in [0.1, 0.15) is 0 Å². The molecule has 2 aliphatic rings. The molecule has 2 aromatic rings. The highest BCUT2D eigenvalue weighted by Crippen LogP contribution is 2.30. The number of hydrogen-bond donors (Lipinski definition) is 2. The Hall–Kier alpha value is -3.36. The molecule has 2 N–H and O–H groups in total. The van der Waals surface area contributed by atoms with Crippen LogP contribution in [-0.2, 0) is 9.53 Å². The van der Waals surface area contributed by atoms with Gasteiger partial charge in [0.15, 0.2) is 5.78 Å². The first-order valence-electron chi connectivity index (χ1n) is 11.7. The summed E-state index contributed by atoms with van der Waals surface area (Å²) in [5.41, 5.74) is 3.40. The Balaban J connectivity index is 1.52. The maximum absolute atomic E-state index is 13.0. The fourth-order valence-electron chi connectivity index (χ4n) is 4.42. The van der Waals surface area contributed by atoms with Crippen molar-refractivity contribution < 1.29 is 19.1 Å². The van der Waals surface area contributed by atoms with Gasteiger partial charge in [0.2, 0.25) is 0 Å². The second-order valence-corrected chi connectivity index (χ2v) is 9.00. The largest absolute Gasteiger partial charge is 0.463 e. The molecule has 8 nitrogen and oxygen atoms in total. The van der Waals surface area contributed by atoms with Crippen molar-refractivity contribution in [1.29, 1.82) is 0 Å². The number of piperazine rings is 1. The first-order valence-corrected chi connectivity index (χ1v) is 12.0. The highest BCUT2D eigenvalue weighted by molar-refractivity contribution is 6.30. The number of anilines is 1. The zero-order valence-electron chi connectivity index (χ0n) is 19.8. The number of benzene rings is 2. The molecule has 0 aromatic heterocycles. The van der Waals surface area contributed by atoms with Crippen LogP contribution < -0.4 is 15.5 Å². The molecule has 0 spiro atoms. The number of halogens is 1. The normalized spacial score (nSPS) is 18.7. The van der Waals surface area contributed by atoms with E-state index in [4.69, 9.17) is 16.3 Å². The Kier molecular flexibility index (Phi) is 7.73. The third kappa shape index (κ3) is 5.83. The van der Waals surface area contributed by atoms with Gasteiger partial charge in [-0.3, -0.25) is 9.69 Å². The monoisotopic (exact) mass is 496 g/mol. The molecule has 1 atom stereocenters. The van der Waals surface area contributed by atoms with Gasteiger partial charge in [0.05, 0.1) is 18.2 Å². The van der Waals surface area contributed by atoms with Crippen LogP contribution in [0.4, 0.5) is 10.5 Å². The highest BCUT2D eigenvalue weighted by Gasteiger charge is 2.34. The number of esters is 1. The van der Waals surface area contributed by atoms with Crippen LogP contribution in [0.1, 0.15) is 35.8 Å². The maximum Gasteiger partial charge on any atom is 0.338 e. The summed E-state index contributed by atoms with van der Waals surface area (Å²) in [5, 5.41) is 6.20. The van der Waals surface area contributed by atoms with Gasteiger partial charge in [-0.15, -0.1) is 0 Å². The molecule has 35 heavy (non-hydrogen) atoms. The van der Waals surface area contributed by atoms with E-state index in [9.17, 15) is 14.4 Å². The average Bonchev–Trinajstić information content (AvgIpc) is 2.84. The Labute approximate surface area is 209 Å². The van der Waals surface area contributed by atoms with Crippen molar-refractivity contribution in [2.75, 3.05) is 44.2 Å². The van der Waals surface area contributed by atoms with Gasteiger partial charge >= 0.3 is 12.0 Å². The summed E-state index contributed by atoms with van der Waals surface area (Å²) >= 11 is 6.18. The van der Waals surface area contributed by atoms with Crippen molar-refractivity contribution in [3.8, 4) is 0 Å².